The number of fused-ring (bicyclic) bond motifs is 3. The van der Waals surface area contributed by atoms with E-state index < -0.39 is 0 Å². The Bertz CT molecular complexity index is 679. The molecule has 2 aliphatic rings. The maximum absolute atomic E-state index is 3.98. The number of hydrogen-bond acceptors (Lipinski definition) is 1. The first-order chi connectivity index (χ1) is 10.3. The van der Waals surface area contributed by atoms with Gasteiger partial charge in [0.05, 0.1) is 0 Å². The van der Waals surface area contributed by atoms with Crippen molar-refractivity contribution in [1.29, 1.82) is 0 Å². The smallest absolute Gasteiger partial charge is 0.0362 e. The average Bonchev–Trinajstić information content (AvgIpc) is 2.95. The fraction of sp³-hybridized carbons (Fsp3) is 0.400. The number of hydrogen-bond donors (Lipinski definition) is 1. The molecule has 0 aromatic heterocycles. The van der Waals surface area contributed by atoms with Gasteiger partial charge in [0, 0.05) is 11.6 Å². The molecule has 1 aliphatic heterocycles. The van der Waals surface area contributed by atoms with E-state index in [4.69, 9.17) is 0 Å². The van der Waals surface area contributed by atoms with Crippen LogP contribution in [0.2, 0.25) is 0 Å². The number of rotatable bonds is 2. The van der Waals surface area contributed by atoms with Gasteiger partial charge in [0.2, 0.25) is 0 Å². The predicted molar refractivity (Wildman–Crippen MR) is 89.5 cm³/mol. The van der Waals surface area contributed by atoms with Gasteiger partial charge in [-0.3, -0.25) is 0 Å². The van der Waals surface area contributed by atoms with Crippen LogP contribution in [0.25, 0.3) is 10.8 Å². The van der Waals surface area contributed by atoms with Crippen LogP contribution in [0.4, 0.5) is 0 Å². The minimum absolute atomic E-state index is 0.338. The lowest BCUT2D eigenvalue weighted by atomic mass is 9.77. The standard InChI is InChI=1S/C20H23N/c1-2-7-19-17-11-10-15-8-3-4-9-16(15)18(17)14-20(21-19)12-5-6-13-20/h2-4,8-11,19,21H,1,5-7,12-14H2/t19-/m1/s1. The largest absolute Gasteiger partial charge is 0.304 e. The Labute approximate surface area is 127 Å². The Morgan fingerprint density at radius 2 is 1.95 bits per heavy atom. The summed E-state index contributed by atoms with van der Waals surface area (Å²) in [5.41, 5.74) is 3.41. The normalized spacial score (nSPS) is 23.3. The first kappa shape index (κ1) is 13.1. The van der Waals surface area contributed by atoms with Gasteiger partial charge in [-0.2, -0.15) is 0 Å². The second-order valence-electron chi connectivity index (χ2n) is 6.74. The van der Waals surface area contributed by atoms with Crippen LogP contribution in [0.1, 0.15) is 49.3 Å². The van der Waals surface area contributed by atoms with Crippen molar-refractivity contribution in [2.24, 2.45) is 0 Å². The van der Waals surface area contributed by atoms with E-state index in [-0.39, 0.29) is 0 Å². The second-order valence-corrected chi connectivity index (χ2v) is 6.74. The molecule has 1 fully saturated rings. The van der Waals surface area contributed by atoms with Crippen LogP contribution in [0, 0.1) is 0 Å². The van der Waals surface area contributed by atoms with E-state index in [9.17, 15) is 0 Å². The third-order valence-corrected chi connectivity index (χ3v) is 5.41. The molecule has 4 rings (SSSR count). The van der Waals surface area contributed by atoms with E-state index in [1.165, 1.54) is 48.4 Å². The Hall–Kier alpha value is -1.60. The van der Waals surface area contributed by atoms with Gasteiger partial charge in [-0.05, 0) is 47.6 Å². The van der Waals surface area contributed by atoms with Crippen molar-refractivity contribution in [3.05, 3.63) is 60.2 Å². The summed E-state index contributed by atoms with van der Waals surface area (Å²) in [6.07, 6.45) is 9.66. The molecule has 0 amide bonds. The minimum atomic E-state index is 0.338. The fourth-order valence-corrected chi connectivity index (χ4v) is 4.44. The molecule has 0 radical (unpaired) electrons. The highest BCUT2D eigenvalue weighted by atomic mass is 15.0. The topological polar surface area (TPSA) is 12.0 Å². The van der Waals surface area contributed by atoms with Gasteiger partial charge in [0.15, 0.2) is 0 Å². The van der Waals surface area contributed by atoms with Crippen molar-refractivity contribution in [1.82, 2.24) is 5.32 Å². The summed E-state index contributed by atoms with van der Waals surface area (Å²) in [6, 6.07) is 13.9. The highest BCUT2D eigenvalue weighted by Crippen LogP contribution is 2.43. The summed E-state index contributed by atoms with van der Waals surface area (Å²) < 4.78 is 0. The van der Waals surface area contributed by atoms with Crippen LogP contribution in [-0.2, 0) is 6.42 Å². The van der Waals surface area contributed by atoms with Crippen LogP contribution >= 0.6 is 0 Å². The van der Waals surface area contributed by atoms with E-state index in [1.807, 2.05) is 0 Å². The van der Waals surface area contributed by atoms with Crippen molar-refractivity contribution in [2.75, 3.05) is 0 Å². The molecule has 2 aromatic rings. The molecular formula is C20H23N. The molecule has 1 heterocycles. The third-order valence-electron chi connectivity index (χ3n) is 5.41. The molecule has 1 N–H and O–H groups in total. The summed E-state index contributed by atoms with van der Waals surface area (Å²) in [5, 5.41) is 6.81. The molecule has 1 spiro atoms. The van der Waals surface area contributed by atoms with Gasteiger partial charge in [0.25, 0.3) is 0 Å². The lowest BCUT2D eigenvalue weighted by Crippen LogP contribution is -2.50. The van der Waals surface area contributed by atoms with Crippen molar-refractivity contribution < 1.29 is 0 Å². The summed E-state index contributed by atoms with van der Waals surface area (Å²) in [5.74, 6) is 0. The van der Waals surface area contributed by atoms with Crippen LogP contribution < -0.4 is 5.32 Å². The van der Waals surface area contributed by atoms with Crippen molar-refractivity contribution in [3.63, 3.8) is 0 Å². The number of nitrogens with one attached hydrogen (secondary N) is 1. The van der Waals surface area contributed by atoms with E-state index in [0.717, 1.165) is 6.42 Å². The fourth-order valence-electron chi connectivity index (χ4n) is 4.44. The molecular weight excluding hydrogens is 254 g/mol. The second kappa shape index (κ2) is 4.99. The first-order valence-electron chi connectivity index (χ1n) is 8.20. The SMILES string of the molecule is C=CC[C@H]1NC2(CCCC2)Cc2c1ccc1ccccc21. The van der Waals surface area contributed by atoms with E-state index in [0.29, 0.717) is 11.6 Å². The molecule has 1 saturated carbocycles. The summed E-state index contributed by atoms with van der Waals surface area (Å²) in [7, 11) is 0. The Morgan fingerprint density at radius 1 is 1.14 bits per heavy atom. The molecule has 108 valence electrons. The van der Waals surface area contributed by atoms with Crippen LogP contribution in [0.15, 0.2) is 49.1 Å². The first-order valence-corrected chi connectivity index (χ1v) is 8.20. The highest BCUT2D eigenvalue weighted by Gasteiger charge is 2.40. The quantitative estimate of drug-likeness (QED) is 0.769. The van der Waals surface area contributed by atoms with Gasteiger partial charge in [-0.25, -0.2) is 0 Å². The molecule has 1 atom stereocenters. The van der Waals surface area contributed by atoms with Crippen LogP contribution in [-0.4, -0.2) is 5.54 Å². The maximum Gasteiger partial charge on any atom is 0.0362 e. The Kier molecular flexibility index (Phi) is 3.11. The van der Waals surface area contributed by atoms with E-state index >= 15 is 0 Å². The van der Waals surface area contributed by atoms with Gasteiger partial charge in [-0.15, -0.1) is 6.58 Å². The molecule has 1 aliphatic carbocycles. The zero-order valence-corrected chi connectivity index (χ0v) is 12.6. The Balaban J connectivity index is 1.89. The molecule has 0 unspecified atom stereocenters. The van der Waals surface area contributed by atoms with Crippen LogP contribution in [0.3, 0.4) is 0 Å². The summed E-state index contributed by atoms with van der Waals surface area (Å²) >= 11 is 0. The lowest BCUT2D eigenvalue weighted by molar-refractivity contribution is 0.268. The summed E-state index contributed by atoms with van der Waals surface area (Å²) in [6.45, 7) is 3.97. The van der Waals surface area contributed by atoms with Crippen LogP contribution in [0.5, 0.6) is 0 Å². The van der Waals surface area contributed by atoms with Gasteiger partial charge in [0.1, 0.15) is 0 Å². The van der Waals surface area contributed by atoms with E-state index in [2.05, 4.69) is 54.4 Å². The molecule has 1 nitrogen and oxygen atoms in total. The molecule has 2 aromatic carbocycles. The third kappa shape index (κ3) is 2.11. The average molecular weight is 277 g/mol. The minimum Gasteiger partial charge on any atom is -0.304 e. The molecule has 0 saturated heterocycles. The zero-order valence-electron chi connectivity index (χ0n) is 12.6. The van der Waals surface area contributed by atoms with E-state index in [1.54, 1.807) is 5.56 Å². The van der Waals surface area contributed by atoms with Crippen molar-refractivity contribution in [2.45, 2.75) is 50.1 Å². The summed E-state index contributed by atoms with van der Waals surface area (Å²) in [4.78, 5) is 0. The monoisotopic (exact) mass is 277 g/mol. The molecule has 1 heteroatoms. The molecule has 21 heavy (non-hydrogen) atoms. The van der Waals surface area contributed by atoms with Crippen molar-refractivity contribution >= 4 is 10.8 Å². The maximum atomic E-state index is 3.98. The van der Waals surface area contributed by atoms with Crippen molar-refractivity contribution in [3.8, 4) is 0 Å². The predicted octanol–water partition coefficient (Wildman–Crippen LogP) is 4.92. The Morgan fingerprint density at radius 3 is 2.76 bits per heavy atom. The lowest BCUT2D eigenvalue weighted by Gasteiger charge is -2.41. The highest BCUT2D eigenvalue weighted by molar-refractivity contribution is 5.87. The van der Waals surface area contributed by atoms with Gasteiger partial charge in [-0.1, -0.05) is 55.3 Å². The molecule has 0 bridgehead atoms. The number of benzene rings is 2. The van der Waals surface area contributed by atoms with Gasteiger partial charge < -0.3 is 5.32 Å². The zero-order chi connectivity index (χ0) is 14.3. The van der Waals surface area contributed by atoms with Gasteiger partial charge >= 0.3 is 0 Å².